The van der Waals surface area contributed by atoms with E-state index in [1.807, 2.05) is 34.6 Å². The molecule has 0 saturated heterocycles. The molecule has 16 heavy (non-hydrogen) atoms. The van der Waals surface area contributed by atoms with Crippen LogP contribution in [0.15, 0.2) is 4.99 Å². The smallest absolute Gasteiger partial charge is 0.408 e. The quantitative estimate of drug-likeness (QED) is 0.782. The third-order valence-electron chi connectivity index (χ3n) is 1.93. The molecule has 0 fully saturated rings. The van der Waals surface area contributed by atoms with Gasteiger partial charge in [-0.1, -0.05) is 0 Å². The molecule has 0 spiro atoms. The lowest BCUT2D eigenvalue weighted by molar-refractivity contribution is 0.0515. The van der Waals surface area contributed by atoms with Crippen molar-refractivity contribution in [3.8, 4) is 0 Å². The molecule has 2 atom stereocenters. The maximum Gasteiger partial charge on any atom is 0.408 e. The van der Waals surface area contributed by atoms with Gasteiger partial charge in [0.2, 0.25) is 5.90 Å². The fraction of sp³-hybridized carbons (Fsp3) is 0.818. The maximum absolute atomic E-state index is 11.5. The van der Waals surface area contributed by atoms with Gasteiger partial charge in [0, 0.05) is 0 Å². The number of carbonyl (C=O) groups excluding carboxylic acids is 1. The number of hydrogen-bond acceptors (Lipinski definition) is 4. The first kappa shape index (κ1) is 12.8. The molecule has 0 aromatic rings. The molecule has 0 saturated carbocycles. The number of nitrogens with zero attached hydrogens (tertiary/aromatic N) is 1. The molecule has 0 bridgehead atoms. The lowest BCUT2D eigenvalue weighted by Crippen LogP contribution is -2.42. The Bertz CT molecular complexity index is 294. The first-order chi connectivity index (χ1) is 7.28. The molecule has 5 heteroatoms. The summed E-state index contributed by atoms with van der Waals surface area (Å²) in [6.45, 7) is 9.88. The standard InChI is InChI=1S/C11H20N2O3/c1-7-6-12-9(15-7)8(2)13-10(14)16-11(3,4)5/h7-8H,6H2,1-5H3,(H,13,14). The summed E-state index contributed by atoms with van der Waals surface area (Å²) in [5.41, 5.74) is -0.491. The lowest BCUT2D eigenvalue weighted by Gasteiger charge is -2.21. The third kappa shape index (κ3) is 4.08. The van der Waals surface area contributed by atoms with E-state index in [-0.39, 0.29) is 12.1 Å². The summed E-state index contributed by atoms with van der Waals surface area (Å²) in [6, 6.07) is -0.250. The summed E-state index contributed by atoms with van der Waals surface area (Å²) in [5.74, 6) is 0.568. The van der Waals surface area contributed by atoms with E-state index < -0.39 is 11.7 Å². The van der Waals surface area contributed by atoms with E-state index in [0.29, 0.717) is 12.4 Å². The van der Waals surface area contributed by atoms with Crippen LogP contribution in [0.5, 0.6) is 0 Å². The van der Waals surface area contributed by atoms with E-state index in [1.165, 1.54) is 0 Å². The van der Waals surface area contributed by atoms with E-state index in [2.05, 4.69) is 10.3 Å². The number of hydrogen-bond donors (Lipinski definition) is 1. The zero-order chi connectivity index (χ0) is 12.3. The van der Waals surface area contributed by atoms with Crippen LogP contribution < -0.4 is 5.32 Å². The van der Waals surface area contributed by atoms with Gasteiger partial charge in [-0.2, -0.15) is 0 Å². The van der Waals surface area contributed by atoms with Crippen molar-refractivity contribution in [3.05, 3.63) is 0 Å². The van der Waals surface area contributed by atoms with Gasteiger partial charge in [-0.05, 0) is 34.6 Å². The van der Waals surface area contributed by atoms with Crippen LogP contribution >= 0.6 is 0 Å². The van der Waals surface area contributed by atoms with Crippen LogP contribution in [-0.2, 0) is 9.47 Å². The Labute approximate surface area is 96.2 Å². The van der Waals surface area contributed by atoms with Gasteiger partial charge in [-0.25, -0.2) is 9.79 Å². The Morgan fingerprint density at radius 3 is 2.69 bits per heavy atom. The predicted molar refractivity (Wildman–Crippen MR) is 61.7 cm³/mol. The van der Waals surface area contributed by atoms with Crippen molar-refractivity contribution in [2.75, 3.05) is 6.54 Å². The second-order valence-electron chi connectivity index (χ2n) is 4.98. The number of amides is 1. The van der Waals surface area contributed by atoms with Gasteiger partial charge >= 0.3 is 6.09 Å². The average Bonchev–Trinajstić information content (AvgIpc) is 2.47. The number of carbonyl (C=O) groups is 1. The summed E-state index contributed by atoms with van der Waals surface area (Å²) in [6.07, 6.45) is -0.358. The topological polar surface area (TPSA) is 59.9 Å². The summed E-state index contributed by atoms with van der Waals surface area (Å²) in [4.78, 5) is 15.7. The van der Waals surface area contributed by atoms with E-state index in [9.17, 15) is 4.79 Å². The highest BCUT2D eigenvalue weighted by Gasteiger charge is 2.24. The molecule has 1 aliphatic rings. The summed E-state index contributed by atoms with van der Waals surface area (Å²) < 4.78 is 10.6. The Morgan fingerprint density at radius 1 is 1.62 bits per heavy atom. The van der Waals surface area contributed by atoms with Crippen LogP contribution in [0, 0.1) is 0 Å². The van der Waals surface area contributed by atoms with E-state index in [4.69, 9.17) is 9.47 Å². The van der Waals surface area contributed by atoms with Gasteiger partial charge < -0.3 is 14.8 Å². The van der Waals surface area contributed by atoms with Crippen molar-refractivity contribution in [1.82, 2.24) is 5.32 Å². The van der Waals surface area contributed by atoms with Gasteiger partial charge in [0.05, 0.1) is 6.54 Å². The van der Waals surface area contributed by atoms with Crippen LogP contribution in [0.1, 0.15) is 34.6 Å². The second kappa shape index (κ2) is 4.72. The maximum atomic E-state index is 11.5. The molecule has 1 N–H and O–H groups in total. The van der Waals surface area contributed by atoms with Crippen molar-refractivity contribution < 1.29 is 14.3 Å². The molecule has 0 aromatic carbocycles. The van der Waals surface area contributed by atoms with Crippen molar-refractivity contribution >= 4 is 12.0 Å². The van der Waals surface area contributed by atoms with E-state index >= 15 is 0 Å². The minimum atomic E-state index is -0.491. The third-order valence-corrected chi connectivity index (χ3v) is 1.93. The molecule has 0 radical (unpaired) electrons. The van der Waals surface area contributed by atoms with Crippen LogP contribution in [-0.4, -0.2) is 36.3 Å². The number of ether oxygens (including phenoxy) is 2. The Kier molecular flexibility index (Phi) is 3.78. The molecule has 0 aliphatic carbocycles. The minimum Gasteiger partial charge on any atom is -0.475 e. The molecule has 1 amide bonds. The Morgan fingerprint density at radius 2 is 2.25 bits per heavy atom. The molecule has 2 unspecified atom stereocenters. The molecule has 1 aliphatic heterocycles. The zero-order valence-electron chi connectivity index (χ0n) is 10.5. The fourth-order valence-corrected chi connectivity index (χ4v) is 1.28. The second-order valence-corrected chi connectivity index (χ2v) is 4.98. The molecule has 0 aromatic heterocycles. The zero-order valence-corrected chi connectivity index (χ0v) is 10.5. The Hall–Kier alpha value is -1.26. The van der Waals surface area contributed by atoms with Crippen molar-refractivity contribution in [2.24, 2.45) is 4.99 Å². The average molecular weight is 228 g/mol. The highest BCUT2D eigenvalue weighted by molar-refractivity contribution is 5.86. The van der Waals surface area contributed by atoms with Gasteiger partial charge in [-0.15, -0.1) is 0 Å². The first-order valence-corrected chi connectivity index (χ1v) is 5.48. The largest absolute Gasteiger partial charge is 0.475 e. The summed E-state index contributed by atoms with van der Waals surface area (Å²) in [7, 11) is 0. The van der Waals surface area contributed by atoms with Crippen LogP contribution in [0.4, 0.5) is 4.79 Å². The highest BCUT2D eigenvalue weighted by atomic mass is 16.6. The molecule has 1 rings (SSSR count). The molecule has 1 heterocycles. The van der Waals surface area contributed by atoms with Crippen LogP contribution in [0.25, 0.3) is 0 Å². The number of alkyl carbamates (subject to hydrolysis) is 1. The van der Waals surface area contributed by atoms with Crippen LogP contribution in [0.3, 0.4) is 0 Å². The normalized spacial score (nSPS) is 22.1. The molecule has 5 nitrogen and oxygen atoms in total. The monoisotopic (exact) mass is 228 g/mol. The fourth-order valence-electron chi connectivity index (χ4n) is 1.28. The number of nitrogens with one attached hydrogen (secondary N) is 1. The number of rotatable bonds is 2. The van der Waals surface area contributed by atoms with Crippen LogP contribution in [0.2, 0.25) is 0 Å². The highest BCUT2D eigenvalue weighted by Crippen LogP contribution is 2.09. The van der Waals surface area contributed by atoms with Crippen molar-refractivity contribution in [2.45, 2.75) is 52.4 Å². The molecule has 92 valence electrons. The van der Waals surface area contributed by atoms with Crippen molar-refractivity contribution in [3.63, 3.8) is 0 Å². The summed E-state index contributed by atoms with van der Waals surface area (Å²) in [5, 5.41) is 2.68. The molecular weight excluding hydrogens is 208 g/mol. The predicted octanol–water partition coefficient (Wildman–Crippen LogP) is 1.72. The van der Waals surface area contributed by atoms with E-state index in [1.54, 1.807) is 0 Å². The number of aliphatic imine (C=N–C) groups is 1. The van der Waals surface area contributed by atoms with Gasteiger partial charge in [-0.3, -0.25) is 0 Å². The van der Waals surface area contributed by atoms with E-state index in [0.717, 1.165) is 0 Å². The summed E-state index contributed by atoms with van der Waals surface area (Å²) >= 11 is 0. The molecular formula is C11H20N2O3. The minimum absolute atomic E-state index is 0.0953. The van der Waals surface area contributed by atoms with Crippen molar-refractivity contribution in [1.29, 1.82) is 0 Å². The lowest BCUT2D eigenvalue weighted by atomic mass is 10.2. The van der Waals surface area contributed by atoms with Gasteiger partial charge in [0.1, 0.15) is 17.7 Å². The first-order valence-electron chi connectivity index (χ1n) is 5.48. The van der Waals surface area contributed by atoms with Gasteiger partial charge in [0.25, 0.3) is 0 Å². The van der Waals surface area contributed by atoms with Gasteiger partial charge in [0.15, 0.2) is 0 Å². The Balaban J connectivity index is 2.40. The SMILES string of the molecule is CC1CN=C(C(C)NC(=O)OC(C)(C)C)O1.